The van der Waals surface area contributed by atoms with Gasteiger partial charge in [0, 0.05) is 11.1 Å². The number of allylic oxidation sites excluding steroid dienone is 2. The molecule has 0 bridgehead atoms. The van der Waals surface area contributed by atoms with E-state index in [0.717, 1.165) is 24.3 Å². The molecule has 3 rings (SSSR count). The number of aliphatic hydroxyl groups is 1. The summed E-state index contributed by atoms with van der Waals surface area (Å²) >= 11 is 0. The normalized spacial score (nSPS) is 17.0. The average Bonchev–Trinajstić information content (AvgIpc) is 2.56. The number of ketones is 1. The number of hydrogen-bond acceptors (Lipinski definition) is 8. The number of carbonyl (C=O) groups is 1. The number of Topliss-reactive ketones (excluding diaryl/α,β-unsaturated/α-hetero) is 1. The molecule has 24 heavy (non-hydrogen) atoms. The van der Waals surface area contributed by atoms with Crippen LogP contribution in [0.4, 0.5) is 0 Å². The molecule has 7 N–H and O–H groups in total. The summed E-state index contributed by atoms with van der Waals surface area (Å²) in [6.45, 7) is 0. The smallest absolute Gasteiger partial charge is 0.200 e. The summed E-state index contributed by atoms with van der Waals surface area (Å²) in [5, 5.41) is 67.4. The summed E-state index contributed by atoms with van der Waals surface area (Å²) < 4.78 is 0. The fraction of sp³-hybridized carbons (Fsp3) is 0.0625. The Morgan fingerprint density at radius 3 is 1.79 bits per heavy atom. The van der Waals surface area contributed by atoms with Crippen LogP contribution in [0.25, 0.3) is 5.57 Å². The van der Waals surface area contributed by atoms with E-state index in [2.05, 4.69) is 0 Å². The van der Waals surface area contributed by atoms with Crippen LogP contribution in [-0.2, 0) is 4.79 Å². The first-order valence-corrected chi connectivity index (χ1v) is 6.71. The lowest BCUT2D eigenvalue weighted by atomic mass is 9.74. The van der Waals surface area contributed by atoms with Crippen molar-refractivity contribution in [1.29, 1.82) is 0 Å². The SMILES string of the molecule is O=C1C(c2ccc(O)c(O)c2O)=C(O)C1c1ccc(O)c(O)c1O. The summed E-state index contributed by atoms with van der Waals surface area (Å²) in [4.78, 5) is 12.3. The molecule has 0 heterocycles. The van der Waals surface area contributed by atoms with Gasteiger partial charge in [-0.1, -0.05) is 6.07 Å². The molecule has 8 nitrogen and oxygen atoms in total. The van der Waals surface area contributed by atoms with Gasteiger partial charge in [0.15, 0.2) is 28.8 Å². The molecule has 124 valence electrons. The lowest BCUT2D eigenvalue weighted by Crippen LogP contribution is -2.28. The van der Waals surface area contributed by atoms with Crippen LogP contribution < -0.4 is 0 Å². The summed E-state index contributed by atoms with van der Waals surface area (Å²) in [6, 6.07) is 4.38. The van der Waals surface area contributed by atoms with Crippen LogP contribution in [0.5, 0.6) is 34.5 Å². The highest BCUT2D eigenvalue weighted by molar-refractivity contribution is 6.32. The minimum atomic E-state index is -1.29. The molecule has 0 amide bonds. The van der Waals surface area contributed by atoms with Gasteiger partial charge in [-0.05, 0) is 18.2 Å². The van der Waals surface area contributed by atoms with E-state index in [0.29, 0.717) is 0 Å². The van der Waals surface area contributed by atoms with Crippen molar-refractivity contribution in [3.05, 3.63) is 41.2 Å². The van der Waals surface area contributed by atoms with Crippen LogP contribution in [0.1, 0.15) is 17.0 Å². The van der Waals surface area contributed by atoms with Gasteiger partial charge in [-0.15, -0.1) is 0 Å². The predicted octanol–water partition coefficient (Wildman–Crippen LogP) is 1.56. The Kier molecular flexibility index (Phi) is 3.19. The van der Waals surface area contributed by atoms with Crippen molar-refractivity contribution in [1.82, 2.24) is 0 Å². The third kappa shape index (κ3) is 1.89. The second-order valence-electron chi connectivity index (χ2n) is 5.26. The van der Waals surface area contributed by atoms with Gasteiger partial charge in [0.25, 0.3) is 0 Å². The molecule has 2 aromatic rings. The van der Waals surface area contributed by atoms with Gasteiger partial charge in [-0.2, -0.15) is 0 Å². The van der Waals surface area contributed by atoms with Crippen molar-refractivity contribution in [2.75, 3.05) is 0 Å². The number of carbonyl (C=O) groups excluding carboxylic acids is 1. The van der Waals surface area contributed by atoms with Gasteiger partial charge in [-0.3, -0.25) is 4.79 Å². The Hall–Kier alpha value is -3.55. The predicted molar refractivity (Wildman–Crippen MR) is 80.2 cm³/mol. The molecule has 1 aliphatic rings. The Bertz CT molecular complexity index is 913. The molecule has 0 radical (unpaired) electrons. The van der Waals surface area contributed by atoms with Gasteiger partial charge < -0.3 is 35.7 Å². The van der Waals surface area contributed by atoms with Crippen LogP contribution >= 0.6 is 0 Å². The monoisotopic (exact) mass is 332 g/mol. The Balaban J connectivity index is 2.11. The number of phenols is 6. The molecule has 0 spiro atoms. The lowest BCUT2D eigenvalue weighted by molar-refractivity contribution is -0.116. The zero-order valence-electron chi connectivity index (χ0n) is 11.9. The minimum Gasteiger partial charge on any atom is -0.510 e. The van der Waals surface area contributed by atoms with Crippen molar-refractivity contribution in [3.8, 4) is 34.5 Å². The first kappa shape index (κ1) is 15.3. The van der Waals surface area contributed by atoms with Gasteiger partial charge >= 0.3 is 0 Å². The van der Waals surface area contributed by atoms with Crippen molar-refractivity contribution in [2.45, 2.75) is 5.92 Å². The van der Waals surface area contributed by atoms with Gasteiger partial charge in [0.1, 0.15) is 11.7 Å². The van der Waals surface area contributed by atoms with Gasteiger partial charge in [0.05, 0.1) is 5.57 Å². The highest BCUT2D eigenvalue weighted by atomic mass is 16.3. The van der Waals surface area contributed by atoms with E-state index in [4.69, 9.17) is 0 Å². The fourth-order valence-corrected chi connectivity index (χ4v) is 2.61. The molecule has 0 saturated carbocycles. The highest BCUT2D eigenvalue weighted by Gasteiger charge is 2.44. The Morgan fingerprint density at radius 1 is 0.667 bits per heavy atom. The molecule has 1 aliphatic carbocycles. The molecule has 0 fully saturated rings. The molecule has 1 unspecified atom stereocenters. The van der Waals surface area contributed by atoms with Crippen LogP contribution in [0, 0.1) is 0 Å². The second-order valence-corrected chi connectivity index (χ2v) is 5.26. The van der Waals surface area contributed by atoms with Crippen LogP contribution in [0.15, 0.2) is 30.0 Å². The lowest BCUT2D eigenvalue weighted by Gasteiger charge is -2.29. The maximum absolute atomic E-state index is 12.3. The third-order valence-electron chi connectivity index (χ3n) is 3.91. The summed E-state index contributed by atoms with van der Waals surface area (Å²) in [7, 11) is 0. The Labute approximate surface area is 134 Å². The molecule has 0 aliphatic heterocycles. The van der Waals surface area contributed by atoms with E-state index in [1.165, 1.54) is 0 Å². The topological polar surface area (TPSA) is 159 Å². The highest BCUT2D eigenvalue weighted by Crippen LogP contribution is 2.52. The van der Waals surface area contributed by atoms with Crippen molar-refractivity contribution < 1.29 is 40.5 Å². The molecule has 0 aromatic heterocycles. The zero-order valence-corrected chi connectivity index (χ0v) is 11.9. The van der Waals surface area contributed by atoms with Crippen molar-refractivity contribution in [2.24, 2.45) is 0 Å². The molecule has 8 heteroatoms. The van der Waals surface area contributed by atoms with E-state index in [9.17, 15) is 40.5 Å². The van der Waals surface area contributed by atoms with Gasteiger partial charge in [-0.25, -0.2) is 0 Å². The molecule has 0 saturated heterocycles. The van der Waals surface area contributed by atoms with Crippen LogP contribution in [-0.4, -0.2) is 41.5 Å². The van der Waals surface area contributed by atoms with Crippen molar-refractivity contribution in [3.63, 3.8) is 0 Å². The van der Waals surface area contributed by atoms with Crippen molar-refractivity contribution >= 4 is 11.4 Å². The van der Waals surface area contributed by atoms with Crippen LogP contribution in [0.2, 0.25) is 0 Å². The first-order valence-electron chi connectivity index (χ1n) is 6.71. The summed E-state index contributed by atoms with van der Waals surface area (Å²) in [6.07, 6.45) is 0. The Morgan fingerprint density at radius 2 is 1.21 bits per heavy atom. The minimum absolute atomic E-state index is 0.126. The van der Waals surface area contributed by atoms with E-state index >= 15 is 0 Å². The number of aliphatic hydroxyl groups excluding tert-OH is 1. The molecular formula is C16H12O8. The maximum Gasteiger partial charge on any atom is 0.200 e. The zero-order chi connectivity index (χ0) is 17.8. The van der Waals surface area contributed by atoms with E-state index in [-0.39, 0.29) is 16.7 Å². The number of benzene rings is 2. The molecule has 2 aromatic carbocycles. The largest absolute Gasteiger partial charge is 0.510 e. The first-order chi connectivity index (χ1) is 11.3. The van der Waals surface area contributed by atoms with Gasteiger partial charge in [0.2, 0.25) is 11.5 Å². The quantitative estimate of drug-likeness (QED) is 0.408. The number of aromatic hydroxyl groups is 6. The number of hydrogen-bond donors (Lipinski definition) is 7. The van der Waals surface area contributed by atoms with Crippen LogP contribution in [0.3, 0.4) is 0 Å². The van der Waals surface area contributed by atoms with E-state index in [1.54, 1.807) is 0 Å². The molecule has 1 atom stereocenters. The summed E-state index contributed by atoms with van der Waals surface area (Å²) in [5.74, 6) is -6.86. The summed E-state index contributed by atoms with van der Waals surface area (Å²) in [5.41, 5.74) is -0.606. The maximum atomic E-state index is 12.3. The fourth-order valence-electron chi connectivity index (χ4n) is 2.61. The second kappa shape index (κ2) is 4.98. The van der Waals surface area contributed by atoms with E-state index in [1.807, 2.05) is 0 Å². The number of rotatable bonds is 2. The standard InChI is InChI=1S/C16H12O8/c17-7-3-1-5(11(19)13(7)21)9-15(23)10(16(9)24)6-2-4-8(18)14(22)12(6)20/h1-4,9,17-23H. The number of phenolic OH excluding ortho intramolecular Hbond substituents is 6. The average molecular weight is 332 g/mol. The molecular weight excluding hydrogens is 320 g/mol. The van der Waals surface area contributed by atoms with E-state index < -0.39 is 52.0 Å². The third-order valence-corrected chi connectivity index (χ3v) is 3.91.